The molecule has 68 valence electrons. The molecule has 5 heteroatoms. The number of carbonyl (C=O) groups excluding carboxylic acids is 2. The van der Waals surface area contributed by atoms with Gasteiger partial charge in [0.05, 0.1) is 0 Å². The van der Waals surface area contributed by atoms with Gasteiger partial charge >= 0.3 is 11.9 Å². The molecular formula is C8H8N2O3. The highest BCUT2D eigenvalue weighted by molar-refractivity contribution is 6.37. The summed E-state index contributed by atoms with van der Waals surface area (Å²) in [4.78, 5) is 25.2. The van der Waals surface area contributed by atoms with Crippen molar-refractivity contribution in [1.82, 2.24) is 0 Å². The van der Waals surface area contributed by atoms with E-state index in [1.54, 1.807) is 30.3 Å². The van der Waals surface area contributed by atoms with E-state index in [2.05, 4.69) is 16.1 Å². The van der Waals surface area contributed by atoms with Crippen LogP contribution in [0.3, 0.4) is 0 Å². The Balaban J connectivity index is 2.60. The Morgan fingerprint density at radius 2 is 1.85 bits per heavy atom. The second-order valence-electron chi connectivity index (χ2n) is 2.23. The SMILES string of the molecule is NOC(=O)C(=O)Nc1ccccc1. The molecule has 0 aliphatic carbocycles. The summed E-state index contributed by atoms with van der Waals surface area (Å²) in [6.07, 6.45) is 0. The third-order valence-corrected chi connectivity index (χ3v) is 1.32. The van der Waals surface area contributed by atoms with Gasteiger partial charge in [-0.05, 0) is 12.1 Å². The molecule has 1 amide bonds. The second-order valence-corrected chi connectivity index (χ2v) is 2.23. The van der Waals surface area contributed by atoms with Gasteiger partial charge in [0.1, 0.15) is 0 Å². The minimum absolute atomic E-state index is 0.512. The van der Waals surface area contributed by atoms with Gasteiger partial charge in [0.15, 0.2) is 0 Å². The molecule has 1 aromatic rings. The van der Waals surface area contributed by atoms with Crippen molar-refractivity contribution in [2.45, 2.75) is 0 Å². The third kappa shape index (κ3) is 2.57. The van der Waals surface area contributed by atoms with Crippen molar-refractivity contribution in [2.75, 3.05) is 5.32 Å². The third-order valence-electron chi connectivity index (χ3n) is 1.32. The van der Waals surface area contributed by atoms with Crippen LogP contribution in [-0.4, -0.2) is 11.9 Å². The van der Waals surface area contributed by atoms with Crippen LogP contribution >= 0.6 is 0 Å². The largest absolute Gasteiger partial charge is 0.415 e. The number of nitrogens with one attached hydrogen (secondary N) is 1. The molecule has 0 heterocycles. The van der Waals surface area contributed by atoms with E-state index in [9.17, 15) is 9.59 Å². The minimum atomic E-state index is -1.12. The zero-order valence-electron chi connectivity index (χ0n) is 6.69. The van der Waals surface area contributed by atoms with Crippen LogP contribution in [0.25, 0.3) is 0 Å². The second kappa shape index (κ2) is 4.22. The lowest BCUT2D eigenvalue weighted by atomic mass is 10.3. The van der Waals surface area contributed by atoms with E-state index < -0.39 is 11.9 Å². The number of anilines is 1. The first-order valence-electron chi connectivity index (χ1n) is 3.51. The lowest BCUT2D eigenvalue weighted by Crippen LogP contribution is -2.27. The normalized spacial score (nSPS) is 9.00. The number of hydrogen-bond donors (Lipinski definition) is 2. The van der Waals surface area contributed by atoms with Gasteiger partial charge in [-0.1, -0.05) is 18.2 Å². The van der Waals surface area contributed by atoms with Gasteiger partial charge in [0, 0.05) is 5.69 Å². The van der Waals surface area contributed by atoms with E-state index >= 15 is 0 Å². The monoisotopic (exact) mass is 180 g/mol. The van der Waals surface area contributed by atoms with Gasteiger partial charge in [-0.15, -0.1) is 0 Å². The fourth-order valence-corrected chi connectivity index (χ4v) is 0.757. The average Bonchev–Trinajstić information content (AvgIpc) is 2.18. The van der Waals surface area contributed by atoms with Crippen LogP contribution in [0.15, 0.2) is 30.3 Å². The summed E-state index contributed by atoms with van der Waals surface area (Å²) in [5.41, 5.74) is 0.512. The van der Waals surface area contributed by atoms with Gasteiger partial charge < -0.3 is 10.2 Å². The predicted octanol–water partition coefficient (Wildman–Crippen LogP) is 0.0420. The molecule has 0 atom stereocenters. The van der Waals surface area contributed by atoms with Gasteiger partial charge in [0.2, 0.25) is 0 Å². The minimum Gasteiger partial charge on any atom is -0.366 e. The summed E-state index contributed by atoms with van der Waals surface area (Å²) in [5, 5.41) is 2.30. The van der Waals surface area contributed by atoms with E-state index in [0.29, 0.717) is 5.69 Å². The zero-order valence-corrected chi connectivity index (χ0v) is 6.69. The molecule has 13 heavy (non-hydrogen) atoms. The summed E-state index contributed by atoms with van der Waals surface area (Å²) in [6.45, 7) is 0. The van der Waals surface area contributed by atoms with Crippen LogP contribution in [0.1, 0.15) is 0 Å². The molecule has 5 nitrogen and oxygen atoms in total. The summed E-state index contributed by atoms with van der Waals surface area (Å²) < 4.78 is 0. The van der Waals surface area contributed by atoms with E-state index in [-0.39, 0.29) is 0 Å². The number of carbonyl (C=O) groups is 2. The van der Waals surface area contributed by atoms with Crippen molar-refractivity contribution < 1.29 is 14.4 Å². The zero-order chi connectivity index (χ0) is 9.68. The Morgan fingerprint density at radius 3 is 2.38 bits per heavy atom. The fraction of sp³-hybridized carbons (Fsp3) is 0. The predicted molar refractivity (Wildman–Crippen MR) is 45.4 cm³/mol. The first-order valence-corrected chi connectivity index (χ1v) is 3.51. The highest BCUT2D eigenvalue weighted by Gasteiger charge is 2.13. The van der Waals surface area contributed by atoms with Gasteiger partial charge in [-0.3, -0.25) is 4.79 Å². The van der Waals surface area contributed by atoms with E-state index in [0.717, 1.165) is 0 Å². The van der Waals surface area contributed by atoms with Crippen molar-refractivity contribution in [2.24, 2.45) is 5.90 Å². The van der Waals surface area contributed by atoms with Crippen molar-refractivity contribution in [3.05, 3.63) is 30.3 Å². The standard InChI is InChI=1S/C8H8N2O3/c9-13-8(12)7(11)10-6-4-2-1-3-5-6/h1-5H,9H2,(H,10,11). The van der Waals surface area contributed by atoms with E-state index in [4.69, 9.17) is 0 Å². The number of nitrogens with two attached hydrogens (primary N) is 1. The van der Waals surface area contributed by atoms with Crippen LogP contribution < -0.4 is 11.2 Å². The molecule has 0 unspecified atom stereocenters. The summed E-state index contributed by atoms with van der Waals surface area (Å²) in [7, 11) is 0. The molecule has 0 bridgehead atoms. The van der Waals surface area contributed by atoms with Crippen molar-refractivity contribution in [3.8, 4) is 0 Å². The maximum Gasteiger partial charge on any atom is 0.415 e. The number of amides is 1. The summed E-state index contributed by atoms with van der Waals surface area (Å²) >= 11 is 0. The highest BCUT2D eigenvalue weighted by atomic mass is 16.7. The number of rotatable bonds is 1. The van der Waals surface area contributed by atoms with Gasteiger partial charge in [0.25, 0.3) is 0 Å². The molecule has 0 saturated heterocycles. The first-order chi connectivity index (χ1) is 6.24. The molecule has 3 N–H and O–H groups in total. The Morgan fingerprint density at radius 1 is 1.23 bits per heavy atom. The molecule has 1 aromatic carbocycles. The molecule has 1 rings (SSSR count). The molecule has 0 aliphatic rings. The quantitative estimate of drug-likeness (QED) is 0.472. The van der Waals surface area contributed by atoms with Crippen LogP contribution in [-0.2, 0) is 14.4 Å². The van der Waals surface area contributed by atoms with Crippen LogP contribution in [0.2, 0.25) is 0 Å². The van der Waals surface area contributed by atoms with Crippen molar-refractivity contribution in [3.63, 3.8) is 0 Å². The maximum atomic E-state index is 10.9. The lowest BCUT2D eigenvalue weighted by Gasteiger charge is -2.01. The number of benzene rings is 1. The Kier molecular flexibility index (Phi) is 2.99. The van der Waals surface area contributed by atoms with Crippen LogP contribution in [0.5, 0.6) is 0 Å². The summed E-state index contributed by atoms with van der Waals surface area (Å²) in [6, 6.07) is 8.52. The topological polar surface area (TPSA) is 81.4 Å². The van der Waals surface area contributed by atoms with Crippen LogP contribution in [0, 0.1) is 0 Å². The molecule has 0 fully saturated rings. The Bertz CT molecular complexity index is 310. The number of para-hydroxylation sites is 1. The highest BCUT2D eigenvalue weighted by Crippen LogP contribution is 2.04. The molecule has 0 aromatic heterocycles. The Labute approximate surface area is 74.4 Å². The molecule has 0 saturated carbocycles. The van der Waals surface area contributed by atoms with Crippen molar-refractivity contribution >= 4 is 17.6 Å². The molecule has 0 radical (unpaired) electrons. The lowest BCUT2D eigenvalue weighted by molar-refractivity contribution is -0.152. The number of hydrogen-bond acceptors (Lipinski definition) is 4. The smallest absolute Gasteiger partial charge is 0.366 e. The summed E-state index contributed by atoms with van der Waals surface area (Å²) in [5.74, 6) is 2.50. The first kappa shape index (κ1) is 9.21. The molecule has 0 spiro atoms. The van der Waals surface area contributed by atoms with E-state index in [1.807, 2.05) is 0 Å². The average molecular weight is 180 g/mol. The molecule has 0 aliphatic heterocycles. The molecular weight excluding hydrogens is 172 g/mol. The van der Waals surface area contributed by atoms with E-state index in [1.165, 1.54) is 0 Å². The Hall–Kier alpha value is -1.88. The van der Waals surface area contributed by atoms with Crippen LogP contribution in [0.4, 0.5) is 5.69 Å². The fourth-order valence-electron chi connectivity index (χ4n) is 0.757. The van der Waals surface area contributed by atoms with Gasteiger partial charge in [-0.25, -0.2) is 4.79 Å². The van der Waals surface area contributed by atoms with Crippen molar-refractivity contribution in [1.29, 1.82) is 0 Å². The maximum absolute atomic E-state index is 10.9. The van der Waals surface area contributed by atoms with Gasteiger partial charge in [-0.2, -0.15) is 5.90 Å².